The summed E-state index contributed by atoms with van der Waals surface area (Å²) in [4.78, 5) is 12.7. The van der Waals surface area contributed by atoms with E-state index in [0.717, 1.165) is 35.6 Å². The number of nitrogens with one attached hydrogen (secondary N) is 1. The Morgan fingerprint density at radius 1 is 1.24 bits per heavy atom. The number of fused-ring (bicyclic) bond motifs is 1. The normalized spacial score (nSPS) is 15.8. The Morgan fingerprint density at radius 2 is 2.08 bits per heavy atom. The maximum atomic E-state index is 12.7. The Morgan fingerprint density at radius 3 is 2.88 bits per heavy atom. The van der Waals surface area contributed by atoms with E-state index < -0.39 is 0 Å². The predicted molar refractivity (Wildman–Crippen MR) is 99.4 cm³/mol. The van der Waals surface area contributed by atoms with Crippen LogP contribution in [0.25, 0.3) is 0 Å². The highest BCUT2D eigenvalue weighted by molar-refractivity contribution is 5.93. The molecule has 0 fully saturated rings. The minimum Gasteiger partial charge on any atom is -0.494 e. The lowest BCUT2D eigenvalue weighted by molar-refractivity contribution is -0.121. The van der Waals surface area contributed by atoms with Crippen molar-refractivity contribution in [3.05, 3.63) is 53.6 Å². The van der Waals surface area contributed by atoms with Gasteiger partial charge < -0.3 is 14.8 Å². The van der Waals surface area contributed by atoms with Gasteiger partial charge >= 0.3 is 0 Å². The molecule has 1 unspecified atom stereocenters. The standard InChI is InChI=1S/C21H25NO3/c1-3-7-15-8-5-6-9-19(15)22-21(23)17-12-16-13-18(24-4-2)10-11-20(16)25-14-17/h5-6,8-11,13,17H,3-4,7,12,14H2,1-2H3,(H,22,23). The second-order valence-electron chi connectivity index (χ2n) is 6.31. The summed E-state index contributed by atoms with van der Waals surface area (Å²) in [6.45, 7) is 5.13. The Labute approximate surface area is 149 Å². The van der Waals surface area contributed by atoms with Crippen LogP contribution in [-0.4, -0.2) is 19.1 Å². The lowest BCUT2D eigenvalue weighted by atomic mass is 9.95. The maximum absolute atomic E-state index is 12.7. The van der Waals surface area contributed by atoms with Crippen molar-refractivity contribution in [2.24, 2.45) is 5.92 Å². The molecule has 1 N–H and O–H groups in total. The van der Waals surface area contributed by atoms with E-state index in [1.165, 1.54) is 5.56 Å². The lowest BCUT2D eigenvalue weighted by Gasteiger charge is -2.25. The van der Waals surface area contributed by atoms with Crippen LogP contribution in [0.1, 0.15) is 31.4 Å². The molecule has 0 saturated heterocycles. The van der Waals surface area contributed by atoms with Crippen molar-refractivity contribution in [3.8, 4) is 11.5 Å². The van der Waals surface area contributed by atoms with E-state index in [9.17, 15) is 4.79 Å². The predicted octanol–water partition coefficient (Wildman–Crippen LogP) is 4.23. The van der Waals surface area contributed by atoms with Gasteiger partial charge in [-0.2, -0.15) is 0 Å². The molecule has 1 aliphatic rings. The molecule has 25 heavy (non-hydrogen) atoms. The maximum Gasteiger partial charge on any atom is 0.231 e. The highest BCUT2D eigenvalue weighted by Crippen LogP contribution is 2.31. The molecule has 2 aromatic rings. The van der Waals surface area contributed by atoms with Crippen LogP contribution in [0, 0.1) is 5.92 Å². The smallest absolute Gasteiger partial charge is 0.231 e. The molecule has 1 amide bonds. The molecule has 0 spiro atoms. The van der Waals surface area contributed by atoms with Crippen LogP contribution in [0.2, 0.25) is 0 Å². The van der Waals surface area contributed by atoms with Gasteiger partial charge in [-0.3, -0.25) is 4.79 Å². The molecular formula is C21H25NO3. The lowest BCUT2D eigenvalue weighted by Crippen LogP contribution is -2.32. The number of hydrogen-bond donors (Lipinski definition) is 1. The third-order valence-electron chi connectivity index (χ3n) is 4.41. The van der Waals surface area contributed by atoms with Gasteiger partial charge in [0.2, 0.25) is 5.91 Å². The van der Waals surface area contributed by atoms with Crippen LogP contribution in [0.3, 0.4) is 0 Å². The Balaban J connectivity index is 1.71. The number of rotatable bonds is 6. The van der Waals surface area contributed by atoms with E-state index in [-0.39, 0.29) is 11.8 Å². The first-order valence-corrected chi connectivity index (χ1v) is 8.98. The summed E-state index contributed by atoms with van der Waals surface area (Å²) in [5, 5.41) is 3.09. The molecule has 1 aliphatic heterocycles. The molecule has 2 aromatic carbocycles. The van der Waals surface area contributed by atoms with Gasteiger partial charge in [-0.05, 0) is 55.2 Å². The summed E-state index contributed by atoms with van der Waals surface area (Å²) >= 11 is 0. The van der Waals surface area contributed by atoms with E-state index in [0.29, 0.717) is 19.6 Å². The van der Waals surface area contributed by atoms with Gasteiger partial charge in [0.15, 0.2) is 0 Å². The van der Waals surface area contributed by atoms with Gasteiger partial charge in [0, 0.05) is 5.69 Å². The summed E-state index contributed by atoms with van der Waals surface area (Å²) in [5.41, 5.74) is 3.11. The summed E-state index contributed by atoms with van der Waals surface area (Å²) in [6, 6.07) is 13.8. The van der Waals surface area contributed by atoms with Crippen molar-refractivity contribution in [2.75, 3.05) is 18.5 Å². The molecule has 0 aromatic heterocycles. The molecule has 0 aliphatic carbocycles. The average Bonchev–Trinajstić information content (AvgIpc) is 2.63. The fourth-order valence-electron chi connectivity index (χ4n) is 3.16. The van der Waals surface area contributed by atoms with Crippen LogP contribution >= 0.6 is 0 Å². The van der Waals surface area contributed by atoms with Crippen molar-refractivity contribution in [1.29, 1.82) is 0 Å². The Hall–Kier alpha value is -2.49. The molecule has 3 rings (SSSR count). The molecule has 1 heterocycles. The van der Waals surface area contributed by atoms with Crippen LogP contribution in [0.4, 0.5) is 5.69 Å². The summed E-state index contributed by atoms with van der Waals surface area (Å²) in [7, 11) is 0. The minimum atomic E-state index is -0.195. The van der Waals surface area contributed by atoms with E-state index in [4.69, 9.17) is 9.47 Å². The number of anilines is 1. The SMILES string of the molecule is CCCc1ccccc1NC(=O)C1COc2ccc(OCC)cc2C1. The summed E-state index contributed by atoms with van der Waals surface area (Å²) in [6.07, 6.45) is 2.67. The fourth-order valence-corrected chi connectivity index (χ4v) is 3.16. The zero-order chi connectivity index (χ0) is 17.6. The molecule has 132 valence electrons. The first kappa shape index (κ1) is 17.3. The largest absolute Gasteiger partial charge is 0.494 e. The van der Waals surface area contributed by atoms with Crippen molar-refractivity contribution in [3.63, 3.8) is 0 Å². The Bertz CT molecular complexity index is 742. The third kappa shape index (κ3) is 4.13. The van der Waals surface area contributed by atoms with Crippen molar-refractivity contribution in [1.82, 2.24) is 0 Å². The third-order valence-corrected chi connectivity index (χ3v) is 4.41. The van der Waals surface area contributed by atoms with Crippen molar-refractivity contribution >= 4 is 11.6 Å². The van der Waals surface area contributed by atoms with E-state index in [2.05, 4.69) is 18.3 Å². The van der Waals surface area contributed by atoms with Crippen molar-refractivity contribution < 1.29 is 14.3 Å². The highest BCUT2D eigenvalue weighted by atomic mass is 16.5. The first-order valence-electron chi connectivity index (χ1n) is 8.98. The van der Waals surface area contributed by atoms with Crippen LogP contribution in [0.5, 0.6) is 11.5 Å². The number of ether oxygens (including phenoxy) is 2. The minimum absolute atomic E-state index is 0.0102. The van der Waals surface area contributed by atoms with Crippen LogP contribution in [-0.2, 0) is 17.6 Å². The van der Waals surface area contributed by atoms with Crippen LogP contribution < -0.4 is 14.8 Å². The molecule has 0 bridgehead atoms. The monoisotopic (exact) mass is 339 g/mol. The molecule has 4 nitrogen and oxygen atoms in total. The number of amides is 1. The van der Waals surface area contributed by atoms with Crippen molar-refractivity contribution in [2.45, 2.75) is 33.1 Å². The zero-order valence-electron chi connectivity index (χ0n) is 14.9. The van der Waals surface area contributed by atoms with E-state index in [1.807, 2.05) is 43.3 Å². The Kier molecular flexibility index (Phi) is 5.59. The molecule has 4 heteroatoms. The van der Waals surface area contributed by atoms with Gasteiger partial charge in [-0.1, -0.05) is 31.5 Å². The van der Waals surface area contributed by atoms with E-state index >= 15 is 0 Å². The number of para-hydroxylation sites is 1. The second-order valence-corrected chi connectivity index (χ2v) is 6.31. The van der Waals surface area contributed by atoms with Gasteiger partial charge in [-0.25, -0.2) is 0 Å². The quantitative estimate of drug-likeness (QED) is 0.857. The topological polar surface area (TPSA) is 47.6 Å². The number of aryl methyl sites for hydroxylation is 1. The summed E-state index contributed by atoms with van der Waals surface area (Å²) < 4.78 is 11.3. The van der Waals surface area contributed by atoms with Gasteiger partial charge in [-0.15, -0.1) is 0 Å². The fraction of sp³-hybridized carbons (Fsp3) is 0.381. The number of carbonyl (C=O) groups is 1. The molecular weight excluding hydrogens is 314 g/mol. The number of benzene rings is 2. The number of hydrogen-bond acceptors (Lipinski definition) is 3. The highest BCUT2D eigenvalue weighted by Gasteiger charge is 2.26. The number of carbonyl (C=O) groups excluding carboxylic acids is 1. The van der Waals surface area contributed by atoms with Crippen LogP contribution in [0.15, 0.2) is 42.5 Å². The van der Waals surface area contributed by atoms with Gasteiger partial charge in [0.1, 0.15) is 18.1 Å². The molecule has 0 saturated carbocycles. The second kappa shape index (κ2) is 8.06. The van der Waals surface area contributed by atoms with Gasteiger partial charge in [0.25, 0.3) is 0 Å². The molecule has 0 radical (unpaired) electrons. The average molecular weight is 339 g/mol. The van der Waals surface area contributed by atoms with Gasteiger partial charge in [0.05, 0.1) is 12.5 Å². The first-order chi connectivity index (χ1) is 12.2. The summed E-state index contributed by atoms with van der Waals surface area (Å²) in [5.74, 6) is 1.48. The molecule has 1 atom stereocenters. The zero-order valence-corrected chi connectivity index (χ0v) is 14.9. The van der Waals surface area contributed by atoms with E-state index in [1.54, 1.807) is 0 Å².